The third-order valence-electron chi connectivity index (χ3n) is 4.64. The molecule has 1 aliphatic carbocycles. The standard InChI is InChI=1S/C15H24N4O/c1-16-15(20)8-14-11-18(9-12-4-2-3-5-12)10-13-6-7-17-19(13)14/h6-7,12,14H,2-5,8-11H2,1H3,(H,16,20). The van der Waals surface area contributed by atoms with Crippen LogP contribution in [0.4, 0.5) is 0 Å². The Labute approximate surface area is 120 Å². The lowest BCUT2D eigenvalue weighted by molar-refractivity contribution is -0.121. The lowest BCUT2D eigenvalue weighted by Gasteiger charge is -2.35. The topological polar surface area (TPSA) is 50.2 Å². The van der Waals surface area contributed by atoms with E-state index in [4.69, 9.17) is 0 Å². The zero-order chi connectivity index (χ0) is 13.9. The molecule has 3 rings (SSSR count). The predicted molar refractivity (Wildman–Crippen MR) is 77.2 cm³/mol. The van der Waals surface area contributed by atoms with Crippen LogP contribution in [0.1, 0.15) is 43.8 Å². The lowest BCUT2D eigenvalue weighted by Crippen LogP contribution is -2.41. The fourth-order valence-corrected chi connectivity index (χ4v) is 3.63. The van der Waals surface area contributed by atoms with Gasteiger partial charge < -0.3 is 5.32 Å². The SMILES string of the molecule is CNC(=O)CC1CN(CC2CCCC2)Cc2ccnn21. The second-order valence-electron chi connectivity index (χ2n) is 6.14. The highest BCUT2D eigenvalue weighted by Crippen LogP contribution is 2.29. The highest BCUT2D eigenvalue weighted by atomic mass is 16.1. The van der Waals surface area contributed by atoms with Crippen molar-refractivity contribution >= 4 is 5.91 Å². The van der Waals surface area contributed by atoms with E-state index < -0.39 is 0 Å². The Morgan fingerprint density at radius 3 is 3.00 bits per heavy atom. The fourth-order valence-electron chi connectivity index (χ4n) is 3.63. The Bertz CT molecular complexity index is 464. The molecule has 1 unspecified atom stereocenters. The molecule has 1 aromatic heterocycles. The molecule has 1 aromatic rings. The molecule has 1 N–H and O–H groups in total. The van der Waals surface area contributed by atoms with E-state index in [0.29, 0.717) is 6.42 Å². The Hall–Kier alpha value is -1.36. The molecular formula is C15H24N4O. The number of carbonyl (C=O) groups excluding carboxylic acids is 1. The lowest BCUT2D eigenvalue weighted by atomic mass is 10.0. The van der Waals surface area contributed by atoms with Crippen LogP contribution in [-0.4, -0.2) is 40.7 Å². The maximum absolute atomic E-state index is 11.7. The Kier molecular flexibility index (Phi) is 4.05. The Balaban J connectivity index is 1.68. The Morgan fingerprint density at radius 2 is 2.25 bits per heavy atom. The van der Waals surface area contributed by atoms with Crippen LogP contribution in [-0.2, 0) is 11.3 Å². The van der Waals surface area contributed by atoms with Gasteiger partial charge in [0.2, 0.25) is 5.91 Å². The molecule has 2 heterocycles. The minimum absolute atomic E-state index is 0.0965. The largest absolute Gasteiger partial charge is 0.359 e. The van der Waals surface area contributed by atoms with Crippen molar-refractivity contribution in [3.05, 3.63) is 18.0 Å². The summed E-state index contributed by atoms with van der Waals surface area (Å²) in [6, 6.07) is 2.26. The van der Waals surface area contributed by atoms with Gasteiger partial charge in [-0.3, -0.25) is 14.4 Å². The van der Waals surface area contributed by atoms with Crippen LogP contribution >= 0.6 is 0 Å². The monoisotopic (exact) mass is 276 g/mol. The second kappa shape index (κ2) is 5.95. The third-order valence-corrected chi connectivity index (χ3v) is 4.64. The van der Waals surface area contributed by atoms with Gasteiger partial charge in [-0.15, -0.1) is 0 Å². The average Bonchev–Trinajstić information content (AvgIpc) is 3.09. The number of nitrogens with one attached hydrogen (secondary N) is 1. The molecule has 110 valence electrons. The minimum atomic E-state index is 0.0965. The predicted octanol–water partition coefficient (Wildman–Crippen LogP) is 1.57. The van der Waals surface area contributed by atoms with Gasteiger partial charge in [0.05, 0.1) is 18.2 Å². The van der Waals surface area contributed by atoms with Gasteiger partial charge >= 0.3 is 0 Å². The summed E-state index contributed by atoms with van der Waals surface area (Å²) in [6.07, 6.45) is 7.89. The first kappa shape index (κ1) is 13.6. The average molecular weight is 276 g/mol. The highest BCUT2D eigenvalue weighted by molar-refractivity contribution is 5.76. The summed E-state index contributed by atoms with van der Waals surface area (Å²) in [6.45, 7) is 3.09. The second-order valence-corrected chi connectivity index (χ2v) is 6.14. The van der Waals surface area contributed by atoms with E-state index in [0.717, 1.165) is 19.0 Å². The van der Waals surface area contributed by atoms with E-state index in [9.17, 15) is 4.79 Å². The van der Waals surface area contributed by atoms with Crippen LogP contribution in [0.3, 0.4) is 0 Å². The van der Waals surface area contributed by atoms with E-state index in [-0.39, 0.29) is 11.9 Å². The van der Waals surface area contributed by atoms with Crippen molar-refractivity contribution in [3.8, 4) is 0 Å². The van der Waals surface area contributed by atoms with Crippen LogP contribution in [0.2, 0.25) is 0 Å². The molecule has 0 saturated heterocycles. The fraction of sp³-hybridized carbons (Fsp3) is 0.733. The number of rotatable bonds is 4. The van der Waals surface area contributed by atoms with Gasteiger partial charge in [-0.2, -0.15) is 5.10 Å². The number of hydrogen-bond donors (Lipinski definition) is 1. The van der Waals surface area contributed by atoms with Crippen LogP contribution in [0.5, 0.6) is 0 Å². The van der Waals surface area contributed by atoms with Crippen LogP contribution in [0.15, 0.2) is 12.3 Å². The van der Waals surface area contributed by atoms with Crippen LogP contribution < -0.4 is 5.32 Å². The van der Waals surface area contributed by atoms with Gasteiger partial charge in [-0.1, -0.05) is 12.8 Å². The maximum atomic E-state index is 11.7. The Morgan fingerprint density at radius 1 is 1.45 bits per heavy atom. The molecule has 0 spiro atoms. The van der Waals surface area contributed by atoms with Crippen molar-refractivity contribution in [2.45, 2.75) is 44.7 Å². The summed E-state index contributed by atoms with van der Waals surface area (Å²) < 4.78 is 2.04. The van der Waals surface area contributed by atoms with E-state index >= 15 is 0 Å². The van der Waals surface area contributed by atoms with Crippen molar-refractivity contribution in [2.75, 3.05) is 20.1 Å². The molecule has 1 aliphatic heterocycles. The number of hydrogen-bond acceptors (Lipinski definition) is 3. The third kappa shape index (κ3) is 2.87. The number of nitrogens with zero attached hydrogens (tertiary/aromatic N) is 3. The smallest absolute Gasteiger partial charge is 0.221 e. The van der Waals surface area contributed by atoms with Crippen molar-refractivity contribution in [1.82, 2.24) is 20.0 Å². The number of fused-ring (bicyclic) bond motifs is 1. The molecule has 0 aromatic carbocycles. The van der Waals surface area contributed by atoms with E-state index in [1.807, 2.05) is 10.9 Å². The molecule has 1 saturated carbocycles. The zero-order valence-electron chi connectivity index (χ0n) is 12.2. The summed E-state index contributed by atoms with van der Waals surface area (Å²) in [5.74, 6) is 0.948. The molecular weight excluding hydrogens is 252 g/mol. The summed E-state index contributed by atoms with van der Waals surface area (Å²) in [4.78, 5) is 14.2. The number of carbonyl (C=O) groups is 1. The van der Waals surface area contributed by atoms with Gasteiger partial charge in [0.15, 0.2) is 0 Å². The van der Waals surface area contributed by atoms with E-state index in [1.165, 1.54) is 37.9 Å². The van der Waals surface area contributed by atoms with E-state index in [1.54, 1.807) is 7.05 Å². The summed E-state index contributed by atoms with van der Waals surface area (Å²) >= 11 is 0. The molecule has 20 heavy (non-hydrogen) atoms. The molecule has 5 heteroatoms. The van der Waals surface area contributed by atoms with Crippen LogP contribution in [0.25, 0.3) is 0 Å². The van der Waals surface area contributed by atoms with Gasteiger partial charge in [-0.05, 0) is 24.8 Å². The molecule has 2 aliphatic rings. The van der Waals surface area contributed by atoms with Gasteiger partial charge in [0, 0.05) is 32.9 Å². The summed E-state index contributed by atoms with van der Waals surface area (Å²) in [5, 5.41) is 7.13. The number of aromatic nitrogens is 2. The molecule has 5 nitrogen and oxygen atoms in total. The van der Waals surface area contributed by atoms with Crippen molar-refractivity contribution in [1.29, 1.82) is 0 Å². The summed E-state index contributed by atoms with van der Waals surface area (Å²) in [7, 11) is 1.70. The van der Waals surface area contributed by atoms with Gasteiger partial charge in [-0.25, -0.2) is 0 Å². The molecule has 1 atom stereocenters. The number of amides is 1. The quantitative estimate of drug-likeness (QED) is 0.908. The van der Waals surface area contributed by atoms with Crippen molar-refractivity contribution in [3.63, 3.8) is 0 Å². The van der Waals surface area contributed by atoms with Crippen molar-refractivity contribution in [2.24, 2.45) is 5.92 Å². The first-order valence-electron chi connectivity index (χ1n) is 7.71. The van der Waals surface area contributed by atoms with Gasteiger partial charge in [0.25, 0.3) is 0 Å². The first-order chi connectivity index (χ1) is 9.76. The van der Waals surface area contributed by atoms with Crippen molar-refractivity contribution < 1.29 is 4.79 Å². The maximum Gasteiger partial charge on any atom is 0.221 e. The van der Waals surface area contributed by atoms with E-state index in [2.05, 4.69) is 21.4 Å². The zero-order valence-corrected chi connectivity index (χ0v) is 12.2. The summed E-state index contributed by atoms with van der Waals surface area (Å²) in [5.41, 5.74) is 1.24. The van der Waals surface area contributed by atoms with Crippen LogP contribution in [0, 0.1) is 5.92 Å². The highest BCUT2D eigenvalue weighted by Gasteiger charge is 2.29. The molecule has 1 fully saturated rings. The minimum Gasteiger partial charge on any atom is -0.359 e. The first-order valence-corrected chi connectivity index (χ1v) is 7.71. The van der Waals surface area contributed by atoms with Gasteiger partial charge in [0.1, 0.15) is 0 Å². The normalized spacial score (nSPS) is 23.8. The molecule has 0 bridgehead atoms. The molecule has 1 amide bonds. The molecule has 0 radical (unpaired) electrons.